The minimum atomic E-state index is -0.238. The number of aromatic nitrogens is 2. The van der Waals surface area contributed by atoms with Gasteiger partial charge in [-0.05, 0) is 49.2 Å². The molecule has 0 radical (unpaired) electrons. The lowest BCUT2D eigenvalue weighted by molar-refractivity contribution is -0.123. The summed E-state index contributed by atoms with van der Waals surface area (Å²) in [5.41, 5.74) is 2.53. The van der Waals surface area contributed by atoms with Gasteiger partial charge in [-0.3, -0.25) is 9.59 Å². The zero-order chi connectivity index (χ0) is 20.6. The molecule has 1 amide bonds. The van der Waals surface area contributed by atoms with Crippen molar-refractivity contribution < 1.29 is 19.1 Å². The van der Waals surface area contributed by atoms with Crippen LogP contribution in [0, 0.1) is 0 Å². The Morgan fingerprint density at radius 1 is 1.10 bits per heavy atom. The summed E-state index contributed by atoms with van der Waals surface area (Å²) in [4.78, 5) is 23.5. The molecule has 29 heavy (non-hydrogen) atoms. The number of methoxy groups -OCH3 is 1. The molecule has 1 N–H and O–H groups in total. The molecule has 1 heterocycles. The van der Waals surface area contributed by atoms with Crippen LogP contribution >= 0.6 is 0 Å². The van der Waals surface area contributed by atoms with Gasteiger partial charge < -0.3 is 14.8 Å². The van der Waals surface area contributed by atoms with Crippen LogP contribution in [0.1, 0.15) is 22.8 Å². The second-order valence-corrected chi connectivity index (χ2v) is 6.44. The molecule has 7 heteroatoms. The molecule has 0 saturated heterocycles. The van der Waals surface area contributed by atoms with Crippen LogP contribution in [-0.2, 0) is 11.2 Å². The van der Waals surface area contributed by atoms with Crippen LogP contribution in [0.25, 0.3) is 5.69 Å². The maximum absolute atomic E-state index is 12.1. The van der Waals surface area contributed by atoms with Gasteiger partial charge >= 0.3 is 0 Å². The highest BCUT2D eigenvalue weighted by Crippen LogP contribution is 2.28. The van der Waals surface area contributed by atoms with Gasteiger partial charge in [-0.1, -0.05) is 18.2 Å². The quantitative estimate of drug-likeness (QED) is 0.565. The number of amides is 1. The summed E-state index contributed by atoms with van der Waals surface area (Å²) in [5.74, 6) is 0.525. The zero-order valence-electron chi connectivity index (χ0n) is 16.4. The average Bonchev–Trinajstić information content (AvgIpc) is 3.21. The Hall–Kier alpha value is -3.61. The fourth-order valence-corrected chi connectivity index (χ4v) is 2.76. The predicted octanol–water partition coefficient (Wildman–Crippen LogP) is 2.82. The van der Waals surface area contributed by atoms with Crippen LogP contribution in [0.5, 0.6) is 11.5 Å². The Labute approximate surface area is 169 Å². The topological polar surface area (TPSA) is 82.4 Å². The van der Waals surface area contributed by atoms with Crippen LogP contribution in [-0.4, -0.2) is 41.7 Å². The molecule has 0 unspecified atom stereocenters. The van der Waals surface area contributed by atoms with E-state index in [0.29, 0.717) is 30.0 Å². The molecule has 150 valence electrons. The summed E-state index contributed by atoms with van der Waals surface area (Å²) < 4.78 is 12.6. The van der Waals surface area contributed by atoms with E-state index in [-0.39, 0.29) is 18.3 Å². The molecule has 3 aromatic rings. The molecular formula is C22H23N3O4. The van der Waals surface area contributed by atoms with Gasteiger partial charge in [0.05, 0.1) is 19.0 Å². The number of rotatable bonds is 9. The lowest BCUT2D eigenvalue weighted by atomic mass is 10.1. The van der Waals surface area contributed by atoms with E-state index in [9.17, 15) is 9.59 Å². The van der Waals surface area contributed by atoms with Gasteiger partial charge in [0.25, 0.3) is 5.91 Å². The Morgan fingerprint density at radius 3 is 2.62 bits per heavy atom. The lowest BCUT2D eigenvalue weighted by Gasteiger charge is -2.11. The Bertz CT molecular complexity index is 983. The maximum Gasteiger partial charge on any atom is 0.257 e. The number of Topliss-reactive ketones (excluding diaryl/α,β-unsaturated/α-hetero) is 1. The second kappa shape index (κ2) is 9.54. The molecule has 0 saturated carbocycles. The SMILES string of the molecule is COc1cc(C(C)=O)ccc1OCC(=O)NCCc1cnn(-c2ccccc2)c1. The summed E-state index contributed by atoms with van der Waals surface area (Å²) in [6, 6.07) is 14.7. The first kappa shape index (κ1) is 20.1. The van der Waals surface area contributed by atoms with E-state index in [1.165, 1.54) is 14.0 Å². The number of ether oxygens (including phenoxy) is 2. The van der Waals surface area contributed by atoms with Gasteiger partial charge in [-0.25, -0.2) is 4.68 Å². The molecule has 1 aromatic heterocycles. The number of para-hydroxylation sites is 1. The first-order valence-corrected chi connectivity index (χ1v) is 9.24. The van der Waals surface area contributed by atoms with E-state index in [1.54, 1.807) is 29.1 Å². The van der Waals surface area contributed by atoms with E-state index >= 15 is 0 Å². The minimum Gasteiger partial charge on any atom is -0.493 e. The first-order valence-electron chi connectivity index (χ1n) is 9.24. The standard InChI is InChI=1S/C22H23N3O4/c1-16(26)18-8-9-20(21(12-18)28-2)29-15-22(27)23-11-10-17-13-24-25(14-17)19-6-4-3-5-7-19/h3-9,12-14H,10-11,15H2,1-2H3,(H,23,27). The molecule has 3 rings (SSSR count). The molecule has 0 bridgehead atoms. The summed E-state index contributed by atoms with van der Waals surface area (Å²) in [7, 11) is 1.49. The van der Waals surface area contributed by atoms with Gasteiger partial charge in [0, 0.05) is 18.3 Å². The number of nitrogens with one attached hydrogen (secondary N) is 1. The third kappa shape index (κ3) is 5.44. The summed E-state index contributed by atoms with van der Waals surface area (Å²) >= 11 is 0. The van der Waals surface area contributed by atoms with Gasteiger partial charge in [0.15, 0.2) is 23.9 Å². The van der Waals surface area contributed by atoms with E-state index in [2.05, 4.69) is 10.4 Å². The van der Waals surface area contributed by atoms with Crippen LogP contribution < -0.4 is 14.8 Å². The van der Waals surface area contributed by atoms with Crippen LogP contribution in [0.3, 0.4) is 0 Å². The van der Waals surface area contributed by atoms with E-state index in [4.69, 9.17) is 9.47 Å². The number of benzene rings is 2. The Kier molecular flexibility index (Phi) is 6.63. The highest BCUT2D eigenvalue weighted by molar-refractivity contribution is 5.94. The number of hydrogen-bond acceptors (Lipinski definition) is 5. The molecular weight excluding hydrogens is 370 g/mol. The Balaban J connectivity index is 1.46. The van der Waals surface area contributed by atoms with Crippen LogP contribution in [0.15, 0.2) is 60.9 Å². The van der Waals surface area contributed by atoms with Crippen molar-refractivity contribution in [3.8, 4) is 17.2 Å². The highest BCUT2D eigenvalue weighted by Gasteiger charge is 2.10. The number of ketones is 1. The second-order valence-electron chi connectivity index (χ2n) is 6.44. The molecule has 7 nitrogen and oxygen atoms in total. The van der Waals surface area contributed by atoms with E-state index in [1.807, 2.05) is 36.5 Å². The molecule has 0 aliphatic heterocycles. The lowest BCUT2D eigenvalue weighted by Crippen LogP contribution is -2.30. The van der Waals surface area contributed by atoms with Gasteiger partial charge in [-0.15, -0.1) is 0 Å². The summed E-state index contributed by atoms with van der Waals surface area (Å²) in [6.45, 7) is 1.81. The molecule has 0 atom stereocenters. The van der Waals surface area contributed by atoms with Gasteiger partial charge in [0.2, 0.25) is 0 Å². The van der Waals surface area contributed by atoms with Crippen LogP contribution in [0.2, 0.25) is 0 Å². The normalized spacial score (nSPS) is 10.4. The van der Waals surface area contributed by atoms with Crippen LogP contribution in [0.4, 0.5) is 0 Å². The average molecular weight is 393 g/mol. The molecule has 0 aliphatic rings. The monoisotopic (exact) mass is 393 g/mol. The van der Waals surface area contributed by atoms with Crippen molar-refractivity contribution in [2.45, 2.75) is 13.3 Å². The fourth-order valence-electron chi connectivity index (χ4n) is 2.76. The van der Waals surface area contributed by atoms with Gasteiger partial charge in [-0.2, -0.15) is 5.10 Å². The fraction of sp³-hybridized carbons (Fsp3) is 0.227. The highest BCUT2D eigenvalue weighted by atomic mass is 16.5. The van der Waals surface area contributed by atoms with Crippen molar-refractivity contribution in [3.05, 3.63) is 72.1 Å². The van der Waals surface area contributed by atoms with Crippen molar-refractivity contribution in [2.75, 3.05) is 20.3 Å². The maximum atomic E-state index is 12.1. The minimum absolute atomic E-state index is 0.0665. The third-order valence-corrected chi connectivity index (χ3v) is 4.32. The van der Waals surface area contributed by atoms with Crippen molar-refractivity contribution in [3.63, 3.8) is 0 Å². The van der Waals surface area contributed by atoms with Crippen molar-refractivity contribution in [2.24, 2.45) is 0 Å². The van der Waals surface area contributed by atoms with Crippen molar-refractivity contribution in [1.29, 1.82) is 0 Å². The van der Waals surface area contributed by atoms with Gasteiger partial charge in [0.1, 0.15) is 0 Å². The van der Waals surface area contributed by atoms with E-state index in [0.717, 1.165) is 11.3 Å². The molecule has 0 fully saturated rings. The summed E-state index contributed by atoms with van der Waals surface area (Å²) in [5, 5.41) is 7.16. The largest absolute Gasteiger partial charge is 0.493 e. The van der Waals surface area contributed by atoms with Crippen molar-refractivity contribution in [1.82, 2.24) is 15.1 Å². The van der Waals surface area contributed by atoms with E-state index < -0.39 is 0 Å². The molecule has 0 aliphatic carbocycles. The molecule has 0 spiro atoms. The number of hydrogen-bond donors (Lipinski definition) is 1. The predicted molar refractivity (Wildman–Crippen MR) is 109 cm³/mol. The first-order chi connectivity index (χ1) is 14.1. The smallest absolute Gasteiger partial charge is 0.257 e. The molecule has 2 aromatic carbocycles. The van der Waals surface area contributed by atoms with Crippen molar-refractivity contribution >= 4 is 11.7 Å². The number of carbonyl (C=O) groups excluding carboxylic acids is 2. The number of nitrogens with zero attached hydrogens (tertiary/aromatic N) is 2. The third-order valence-electron chi connectivity index (χ3n) is 4.32. The number of carbonyl (C=O) groups is 2. The zero-order valence-corrected chi connectivity index (χ0v) is 16.4. The summed E-state index contributed by atoms with van der Waals surface area (Å²) in [6.07, 6.45) is 4.39. The Morgan fingerprint density at radius 2 is 1.90 bits per heavy atom.